The largest absolute Gasteiger partial charge is 0.365 e. The highest BCUT2D eigenvalue weighted by Gasteiger charge is 2.24. The van der Waals surface area contributed by atoms with Gasteiger partial charge in [-0.3, -0.25) is 9.59 Å². The number of piperazine rings is 1. The monoisotopic (exact) mass is 428 g/mol. The summed E-state index contributed by atoms with van der Waals surface area (Å²) < 4.78 is 1.28. The molecule has 0 bridgehead atoms. The molecule has 0 spiro atoms. The van der Waals surface area contributed by atoms with Crippen molar-refractivity contribution in [3.05, 3.63) is 86.8 Å². The number of nitrogens with zero attached hydrogens (tertiary/aromatic N) is 4. The third-order valence-corrected chi connectivity index (χ3v) is 5.51. The zero-order valence-corrected chi connectivity index (χ0v) is 17.0. The fourth-order valence-electron chi connectivity index (χ4n) is 3.32. The van der Waals surface area contributed by atoms with Crippen molar-refractivity contribution >= 4 is 34.8 Å². The number of halogens is 2. The van der Waals surface area contributed by atoms with Crippen LogP contribution in [0, 0.1) is 0 Å². The van der Waals surface area contributed by atoms with Crippen molar-refractivity contribution < 1.29 is 4.79 Å². The van der Waals surface area contributed by atoms with Crippen molar-refractivity contribution in [1.29, 1.82) is 0 Å². The van der Waals surface area contributed by atoms with E-state index in [1.165, 1.54) is 4.68 Å². The molecule has 2 heterocycles. The van der Waals surface area contributed by atoms with Crippen molar-refractivity contribution in [2.24, 2.45) is 0 Å². The first kappa shape index (κ1) is 19.5. The zero-order valence-electron chi connectivity index (χ0n) is 15.5. The van der Waals surface area contributed by atoms with Crippen LogP contribution >= 0.6 is 23.2 Å². The van der Waals surface area contributed by atoms with Crippen LogP contribution in [0.5, 0.6) is 0 Å². The van der Waals surface area contributed by atoms with Crippen LogP contribution in [-0.2, 0) is 0 Å². The van der Waals surface area contributed by atoms with Crippen molar-refractivity contribution in [3.8, 4) is 5.69 Å². The number of hydrogen-bond acceptors (Lipinski definition) is 4. The van der Waals surface area contributed by atoms with Gasteiger partial charge >= 0.3 is 0 Å². The number of aromatic nitrogens is 2. The summed E-state index contributed by atoms with van der Waals surface area (Å²) >= 11 is 12.3. The van der Waals surface area contributed by atoms with Crippen LogP contribution in [0.1, 0.15) is 10.4 Å². The van der Waals surface area contributed by atoms with Crippen molar-refractivity contribution in [2.45, 2.75) is 0 Å². The molecule has 4 rings (SSSR count). The van der Waals surface area contributed by atoms with E-state index in [2.05, 4.69) is 5.10 Å². The Morgan fingerprint density at radius 3 is 2.21 bits per heavy atom. The maximum absolute atomic E-state index is 12.7. The molecule has 2 aromatic carbocycles. The van der Waals surface area contributed by atoms with E-state index in [1.807, 2.05) is 23.1 Å². The Kier molecular flexibility index (Phi) is 5.56. The molecule has 1 aromatic heterocycles. The van der Waals surface area contributed by atoms with E-state index < -0.39 is 0 Å². The lowest BCUT2D eigenvalue weighted by Crippen LogP contribution is -2.49. The number of anilines is 1. The van der Waals surface area contributed by atoms with Gasteiger partial charge in [0.2, 0.25) is 0 Å². The van der Waals surface area contributed by atoms with Gasteiger partial charge in [0.15, 0.2) is 0 Å². The van der Waals surface area contributed by atoms with E-state index in [4.69, 9.17) is 23.2 Å². The smallest absolute Gasteiger partial charge is 0.292 e. The van der Waals surface area contributed by atoms with Crippen LogP contribution in [0.3, 0.4) is 0 Å². The summed E-state index contributed by atoms with van der Waals surface area (Å²) in [4.78, 5) is 29.1. The Morgan fingerprint density at radius 2 is 1.55 bits per heavy atom. The Morgan fingerprint density at radius 1 is 0.897 bits per heavy atom. The van der Waals surface area contributed by atoms with Crippen LogP contribution in [0.25, 0.3) is 5.69 Å². The maximum atomic E-state index is 12.7. The molecular weight excluding hydrogens is 411 g/mol. The molecular formula is C21H18Cl2N4O2. The van der Waals surface area contributed by atoms with Gasteiger partial charge in [0, 0.05) is 36.8 Å². The predicted octanol–water partition coefficient (Wildman–Crippen LogP) is 3.50. The first-order valence-corrected chi connectivity index (χ1v) is 9.93. The predicted molar refractivity (Wildman–Crippen MR) is 114 cm³/mol. The van der Waals surface area contributed by atoms with Gasteiger partial charge in [0.25, 0.3) is 11.5 Å². The molecule has 3 aromatic rings. The summed E-state index contributed by atoms with van der Waals surface area (Å²) in [6.07, 6.45) is 1.60. The quantitative estimate of drug-likeness (QED) is 0.640. The fraction of sp³-hybridized carbons (Fsp3) is 0.190. The lowest BCUT2D eigenvalue weighted by atomic mass is 10.2. The highest BCUT2D eigenvalue weighted by Crippen LogP contribution is 2.23. The van der Waals surface area contributed by atoms with E-state index in [0.717, 1.165) is 0 Å². The number of carbonyl (C=O) groups is 1. The van der Waals surface area contributed by atoms with Gasteiger partial charge in [-0.25, -0.2) is 0 Å². The van der Waals surface area contributed by atoms with Gasteiger partial charge in [-0.2, -0.15) is 9.78 Å². The van der Waals surface area contributed by atoms with Gasteiger partial charge in [-0.05, 0) is 36.4 Å². The number of amides is 1. The molecule has 29 heavy (non-hydrogen) atoms. The van der Waals surface area contributed by atoms with Crippen LogP contribution in [0.2, 0.25) is 10.0 Å². The maximum Gasteiger partial charge on any atom is 0.292 e. The van der Waals surface area contributed by atoms with Crippen molar-refractivity contribution in [2.75, 3.05) is 31.1 Å². The van der Waals surface area contributed by atoms with Crippen LogP contribution in [0.15, 0.2) is 65.6 Å². The average Bonchev–Trinajstić information content (AvgIpc) is 2.76. The third kappa shape index (κ3) is 3.99. The van der Waals surface area contributed by atoms with Crippen LogP contribution in [-0.4, -0.2) is 46.8 Å². The lowest BCUT2D eigenvalue weighted by Gasteiger charge is -2.36. The fourth-order valence-corrected chi connectivity index (χ4v) is 3.70. The van der Waals surface area contributed by atoms with Crippen molar-refractivity contribution in [1.82, 2.24) is 14.7 Å². The molecule has 0 saturated carbocycles. The molecule has 1 aliphatic rings. The highest BCUT2D eigenvalue weighted by molar-refractivity contribution is 6.33. The van der Waals surface area contributed by atoms with E-state index in [-0.39, 0.29) is 16.5 Å². The number of benzene rings is 2. The van der Waals surface area contributed by atoms with E-state index in [1.54, 1.807) is 47.5 Å². The summed E-state index contributed by atoms with van der Waals surface area (Å²) in [5.41, 5.74) is 1.48. The standard InChI is InChI=1S/C21H18Cl2N4O2/c22-16-8-6-15(7-9-16)20(28)26-12-10-25(11-13-26)18-14-24-27(21(29)19(18)23)17-4-2-1-3-5-17/h1-9,14H,10-13H2. The molecule has 0 aliphatic carbocycles. The minimum absolute atomic E-state index is 0.0370. The minimum Gasteiger partial charge on any atom is -0.365 e. The Labute approximate surface area is 177 Å². The van der Waals surface area contributed by atoms with Crippen molar-refractivity contribution in [3.63, 3.8) is 0 Å². The highest BCUT2D eigenvalue weighted by atomic mass is 35.5. The van der Waals surface area contributed by atoms with Gasteiger partial charge in [-0.15, -0.1) is 0 Å². The molecule has 0 N–H and O–H groups in total. The van der Waals surface area contributed by atoms with E-state index >= 15 is 0 Å². The van der Waals surface area contributed by atoms with Gasteiger partial charge in [0.05, 0.1) is 17.6 Å². The number of rotatable bonds is 3. The molecule has 0 radical (unpaired) electrons. The first-order chi connectivity index (χ1) is 14.0. The SMILES string of the molecule is O=C(c1ccc(Cl)cc1)N1CCN(c2cnn(-c3ccccc3)c(=O)c2Cl)CC1. The molecule has 0 atom stereocenters. The number of hydrogen-bond donors (Lipinski definition) is 0. The van der Waals surface area contributed by atoms with E-state index in [9.17, 15) is 9.59 Å². The summed E-state index contributed by atoms with van der Waals surface area (Å²) in [5.74, 6) is -0.0370. The first-order valence-electron chi connectivity index (χ1n) is 9.17. The van der Waals surface area contributed by atoms with Crippen LogP contribution < -0.4 is 10.5 Å². The number of para-hydroxylation sites is 1. The van der Waals surface area contributed by atoms with Crippen LogP contribution in [0.4, 0.5) is 5.69 Å². The molecule has 1 fully saturated rings. The second-order valence-electron chi connectivity index (χ2n) is 6.68. The average molecular weight is 429 g/mol. The third-order valence-electron chi connectivity index (χ3n) is 4.90. The molecule has 1 aliphatic heterocycles. The summed E-state index contributed by atoms with van der Waals surface area (Å²) in [6.45, 7) is 2.18. The summed E-state index contributed by atoms with van der Waals surface area (Å²) in [5, 5.41) is 5.00. The minimum atomic E-state index is -0.366. The Balaban J connectivity index is 1.49. The molecule has 148 valence electrons. The molecule has 0 unspecified atom stereocenters. The second-order valence-corrected chi connectivity index (χ2v) is 7.50. The molecule has 1 amide bonds. The molecule has 1 saturated heterocycles. The summed E-state index contributed by atoms with van der Waals surface area (Å²) in [6, 6.07) is 16.0. The number of carbonyl (C=O) groups excluding carboxylic acids is 1. The Bertz CT molecular complexity index is 1080. The normalized spacial score (nSPS) is 14.1. The molecule has 6 nitrogen and oxygen atoms in total. The van der Waals surface area contributed by atoms with Gasteiger partial charge in [0.1, 0.15) is 5.02 Å². The molecule has 8 heteroatoms. The zero-order chi connectivity index (χ0) is 20.4. The van der Waals surface area contributed by atoms with Gasteiger partial charge in [-0.1, -0.05) is 41.4 Å². The topological polar surface area (TPSA) is 58.4 Å². The second kappa shape index (κ2) is 8.27. The van der Waals surface area contributed by atoms with Gasteiger partial charge < -0.3 is 9.80 Å². The van der Waals surface area contributed by atoms with E-state index in [0.29, 0.717) is 48.1 Å². The lowest BCUT2D eigenvalue weighted by molar-refractivity contribution is 0.0747. The summed E-state index contributed by atoms with van der Waals surface area (Å²) in [7, 11) is 0. The Hall–Kier alpha value is -2.83.